The molecule has 0 atom stereocenters. The van der Waals surface area contributed by atoms with E-state index in [0.717, 1.165) is 28.3 Å². The molecule has 1 aliphatic carbocycles. The Morgan fingerprint density at radius 2 is 1.70 bits per heavy atom. The summed E-state index contributed by atoms with van der Waals surface area (Å²) in [5.41, 5.74) is 6.64. The molecule has 1 nitrogen and oxygen atoms in total. The van der Waals surface area contributed by atoms with Crippen molar-refractivity contribution in [2.45, 2.75) is 39.0 Å². The lowest BCUT2D eigenvalue weighted by atomic mass is 9.90. The Balaban J connectivity index is 1.80. The minimum absolute atomic E-state index is 0.174. The molecule has 0 bridgehead atoms. The molecular weight excluding hydrogens is 333 g/mol. The van der Waals surface area contributed by atoms with E-state index >= 15 is 0 Å². The van der Waals surface area contributed by atoms with Crippen LogP contribution in [0.2, 0.25) is 0 Å². The summed E-state index contributed by atoms with van der Waals surface area (Å²) >= 11 is 0. The molecule has 0 fully saturated rings. The topological polar surface area (TPSA) is 12.9 Å². The van der Waals surface area contributed by atoms with Crippen molar-refractivity contribution in [3.05, 3.63) is 77.2 Å². The molecule has 0 radical (unpaired) electrons. The van der Waals surface area contributed by atoms with E-state index in [-0.39, 0.29) is 5.82 Å². The molecule has 27 heavy (non-hydrogen) atoms. The summed E-state index contributed by atoms with van der Waals surface area (Å²) in [6, 6.07) is 15.8. The fourth-order valence-electron chi connectivity index (χ4n) is 4.61. The Morgan fingerprint density at radius 1 is 0.889 bits per heavy atom. The van der Waals surface area contributed by atoms with Gasteiger partial charge < -0.3 is 0 Å². The maximum atomic E-state index is 14.2. The lowest BCUT2D eigenvalue weighted by molar-refractivity contribution is 0.640. The van der Waals surface area contributed by atoms with Crippen LogP contribution >= 0.6 is 0 Å². The average molecular weight is 355 g/mol. The number of fused-ring (bicyclic) bond motifs is 4. The van der Waals surface area contributed by atoms with E-state index in [2.05, 4.69) is 26.0 Å². The van der Waals surface area contributed by atoms with Crippen molar-refractivity contribution >= 4 is 21.5 Å². The first kappa shape index (κ1) is 16.4. The molecule has 0 aliphatic heterocycles. The van der Waals surface area contributed by atoms with Gasteiger partial charge in [-0.15, -0.1) is 0 Å². The Morgan fingerprint density at radius 3 is 2.56 bits per heavy atom. The van der Waals surface area contributed by atoms with E-state index in [1.165, 1.54) is 35.6 Å². The fraction of sp³-hybridized carbons (Fsp3) is 0.240. The molecular formula is C25H22FN. The number of halogens is 1. The van der Waals surface area contributed by atoms with Gasteiger partial charge in [0.15, 0.2) is 0 Å². The van der Waals surface area contributed by atoms with E-state index in [1.807, 2.05) is 30.5 Å². The molecule has 0 saturated heterocycles. The third-order valence-corrected chi connectivity index (χ3v) is 5.90. The third-order valence-electron chi connectivity index (χ3n) is 5.90. The zero-order valence-corrected chi connectivity index (χ0v) is 15.7. The van der Waals surface area contributed by atoms with Crippen molar-refractivity contribution in [3.8, 4) is 11.3 Å². The molecule has 0 N–H and O–H groups in total. The van der Waals surface area contributed by atoms with Crippen molar-refractivity contribution in [2.75, 3.05) is 0 Å². The molecule has 1 aliphatic rings. The summed E-state index contributed by atoms with van der Waals surface area (Å²) in [6.07, 6.45) is 5.44. The van der Waals surface area contributed by atoms with E-state index in [0.29, 0.717) is 11.3 Å². The minimum atomic E-state index is -0.174. The van der Waals surface area contributed by atoms with Crippen LogP contribution in [0.25, 0.3) is 32.8 Å². The molecule has 4 aromatic rings. The first-order valence-corrected chi connectivity index (χ1v) is 9.75. The van der Waals surface area contributed by atoms with Gasteiger partial charge in [0.05, 0.1) is 5.69 Å². The molecule has 3 aromatic carbocycles. The van der Waals surface area contributed by atoms with Crippen molar-refractivity contribution in [1.82, 2.24) is 4.98 Å². The third kappa shape index (κ3) is 2.55. The molecule has 0 spiro atoms. The maximum absolute atomic E-state index is 14.2. The van der Waals surface area contributed by atoms with Gasteiger partial charge in [-0.2, -0.15) is 0 Å². The zero-order valence-electron chi connectivity index (χ0n) is 15.7. The monoisotopic (exact) mass is 355 g/mol. The van der Waals surface area contributed by atoms with Crippen LogP contribution in [0.4, 0.5) is 4.39 Å². The second-order valence-corrected chi connectivity index (χ2v) is 7.87. The Kier molecular flexibility index (Phi) is 3.75. The zero-order chi connectivity index (χ0) is 18.5. The average Bonchev–Trinajstić information content (AvgIpc) is 3.15. The van der Waals surface area contributed by atoms with Gasteiger partial charge in [0.1, 0.15) is 5.82 Å². The van der Waals surface area contributed by atoms with E-state index < -0.39 is 0 Å². The van der Waals surface area contributed by atoms with Crippen molar-refractivity contribution in [2.24, 2.45) is 0 Å². The van der Waals surface area contributed by atoms with Gasteiger partial charge >= 0.3 is 0 Å². The number of aromatic nitrogens is 1. The summed E-state index contributed by atoms with van der Waals surface area (Å²) in [5.74, 6) is 0.328. The van der Waals surface area contributed by atoms with Gasteiger partial charge in [0.25, 0.3) is 0 Å². The SMILES string of the molecule is CC(C)c1cc(-c2nccc3c2ccc2c(F)cccc23)cc2c1CCC2. The predicted octanol–water partition coefficient (Wildman–Crippen LogP) is 6.81. The fourth-order valence-corrected chi connectivity index (χ4v) is 4.61. The second kappa shape index (κ2) is 6.16. The lowest BCUT2D eigenvalue weighted by Gasteiger charge is -2.16. The van der Waals surface area contributed by atoms with Crippen molar-refractivity contribution in [1.29, 1.82) is 0 Å². The minimum Gasteiger partial charge on any atom is -0.256 e. The number of benzene rings is 3. The van der Waals surface area contributed by atoms with Crippen LogP contribution in [0.1, 0.15) is 42.9 Å². The molecule has 2 heteroatoms. The molecule has 0 saturated carbocycles. The van der Waals surface area contributed by atoms with Crippen LogP contribution in [0.15, 0.2) is 54.7 Å². The number of hydrogen-bond acceptors (Lipinski definition) is 1. The molecule has 0 amide bonds. The molecule has 5 rings (SSSR count). The number of rotatable bonds is 2. The first-order valence-electron chi connectivity index (χ1n) is 9.75. The Hall–Kier alpha value is -2.74. The number of hydrogen-bond donors (Lipinski definition) is 0. The molecule has 1 aromatic heterocycles. The van der Waals surface area contributed by atoms with Gasteiger partial charge in [-0.25, -0.2) is 4.39 Å². The van der Waals surface area contributed by atoms with Gasteiger partial charge in [-0.05, 0) is 76.9 Å². The van der Waals surface area contributed by atoms with Crippen LogP contribution in [0.3, 0.4) is 0 Å². The quantitative estimate of drug-likeness (QED) is 0.360. The highest BCUT2D eigenvalue weighted by Crippen LogP contribution is 2.37. The van der Waals surface area contributed by atoms with Crippen LogP contribution in [-0.2, 0) is 12.8 Å². The maximum Gasteiger partial charge on any atom is 0.131 e. The van der Waals surface area contributed by atoms with Crippen molar-refractivity contribution < 1.29 is 4.39 Å². The summed E-state index contributed by atoms with van der Waals surface area (Å²) < 4.78 is 14.2. The van der Waals surface area contributed by atoms with Gasteiger partial charge in [0.2, 0.25) is 0 Å². The standard InChI is InChI=1S/C25H22FN/c1-15(2)23-14-17(13-16-5-3-6-18(16)23)25-22-10-9-21-19(7-4-8-24(21)26)20(22)11-12-27-25/h4,7-15H,3,5-6H2,1-2H3. The van der Waals surface area contributed by atoms with Crippen LogP contribution in [-0.4, -0.2) is 4.98 Å². The van der Waals surface area contributed by atoms with Crippen LogP contribution in [0.5, 0.6) is 0 Å². The predicted molar refractivity (Wildman–Crippen MR) is 111 cm³/mol. The first-order chi connectivity index (χ1) is 13.1. The van der Waals surface area contributed by atoms with E-state index in [4.69, 9.17) is 4.98 Å². The highest BCUT2D eigenvalue weighted by Gasteiger charge is 2.19. The highest BCUT2D eigenvalue weighted by atomic mass is 19.1. The smallest absolute Gasteiger partial charge is 0.131 e. The van der Waals surface area contributed by atoms with Gasteiger partial charge in [-0.3, -0.25) is 4.98 Å². The van der Waals surface area contributed by atoms with Gasteiger partial charge in [-0.1, -0.05) is 38.1 Å². The number of aryl methyl sites for hydroxylation is 1. The molecule has 1 heterocycles. The lowest BCUT2D eigenvalue weighted by Crippen LogP contribution is -1.98. The van der Waals surface area contributed by atoms with Crippen molar-refractivity contribution in [3.63, 3.8) is 0 Å². The normalized spacial score (nSPS) is 13.6. The van der Waals surface area contributed by atoms with Crippen LogP contribution in [0, 0.1) is 5.82 Å². The van der Waals surface area contributed by atoms with E-state index in [9.17, 15) is 4.39 Å². The Bertz CT molecular complexity index is 1190. The second-order valence-electron chi connectivity index (χ2n) is 7.87. The number of nitrogens with zero attached hydrogens (tertiary/aromatic N) is 1. The van der Waals surface area contributed by atoms with E-state index in [1.54, 1.807) is 11.6 Å². The van der Waals surface area contributed by atoms with Gasteiger partial charge in [0, 0.05) is 22.5 Å². The molecule has 134 valence electrons. The number of pyridine rings is 1. The largest absolute Gasteiger partial charge is 0.256 e. The summed E-state index contributed by atoms with van der Waals surface area (Å²) in [5, 5.41) is 3.76. The van der Waals surface area contributed by atoms with Crippen LogP contribution < -0.4 is 0 Å². The summed E-state index contributed by atoms with van der Waals surface area (Å²) in [6.45, 7) is 4.54. The Labute approximate surface area is 158 Å². The highest BCUT2D eigenvalue weighted by molar-refractivity contribution is 6.11. The summed E-state index contributed by atoms with van der Waals surface area (Å²) in [4.78, 5) is 4.74. The molecule has 0 unspecified atom stereocenters. The summed E-state index contributed by atoms with van der Waals surface area (Å²) in [7, 11) is 0.